The molecule has 0 unspecified atom stereocenters. The number of rotatable bonds is 1. The number of nitrogens with zero attached hydrogens (tertiary/aromatic N) is 3. The topological polar surface area (TPSA) is 29.0 Å². The molecule has 1 aromatic heterocycles. The van der Waals surface area contributed by atoms with Crippen molar-refractivity contribution in [1.29, 1.82) is 0 Å². The van der Waals surface area contributed by atoms with Crippen LogP contribution in [0.1, 0.15) is 19.0 Å². The zero-order valence-electron chi connectivity index (χ0n) is 11.7. The second-order valence-corrected chi connectivity index (χ2v) is 10.9. The molecule has 1 aromatic rings. The van der Waals surface area contributed by atoms with Gasteiger partial charge in [0.25, 0.3) is 0 Å². The van der Waals surface area contributed by atoms with Crippen LogP contribution in [0.4, 0.5) is 5.82 Å². The molecule has 1 aliphatic heterocycles. The van der Waals surface area contributed by atoms with Gasteiger partial charge in [0, 0.05) is 13.1 Å². The molecule has 0 radical (unpaired) electrons. The third-order valence-corrected chi connectivity index (χ3v) is 3.81. The minimum Gasteiger partial charge on any atom is -0.355 e. The van der Waals surface area contributed by atoms with Crippen LogP contribution in [0.5, 0.6) is 0 Å². The van der Waals surface area contributed by atoms with Gasteiger partial charge in [0.15, 0.2) is 0 Å². The number of hydrogen-bond donors (Lipinski definition) is 0. The molecule has 0 N–H and O–H groups in total. The molecule has 96 valence electrons. The normalized spacial score (nSPS) is 19.6. The van der Waals surface area contributed by atoms with Gasteiger partial charge in [-0.1, -0.05) is 32.5 Å². The molecule has 0 amide bonds. The van der Waals surface area contributed by atoms with Gasteiger partial charge in [0.2, 0.25) is 0 Å². The average Bonchev–Trinajstić information content (AvgIpc) is 2.73. The molecule has 3 nitrogen and oxygen atoms in total. The van der Waals surface area contributed by atoms with E-state index in [-0.39, 0.29) is 0 Å². The van der Waals surface area contributed by atoms with Crippen LogP contribution in [0.3, 0.4) is 0 Å². The molecule has 0 spiro atoms. The number of anilines is 1. The summed E-state index contributed by atoms with van der Waals surface area (Å²) in [5.74, 6) is 4.90. The summed E-state index contributed by atoms with van der Waals surface area (Å²) in [5, 5.41) is 0. The van der Waals surface area contributed by atoms with Gasteiger partial charge >= 0.3 is 0 Å². The van der Waals surface area contributed by atoms with Gasteiger partial charge in [-0.2, -0.15) is 0 Å². The fourth-order valence-electron chi connectivity index (χ4n) is 1.96. The number of aromatic nitrogens is 2. The van der Waals surface area contributed by atoms with E-state index in [2.05, 4.69) is 52.9 Å². The summed E-state index contributed by atoms with van der Waals surface area (Å²) in [4.78, 5) is 11.2. The Morgan fingerprint density at radius 3 is 2.72 bits per heavy atom. The summed E-state index contributed by atoms with van der Waals surface area (Å²) in [6.45, 7) is 11.2. The van der Waals surface area contributed by atoms with Gasteiger partial charge in [-0.05, 0) is 12.3 Å². The van der Waals surface area contributed by atoms with Gasteiger partial charge in [-0.25, -0.2) is 4.98 Å². The Morgan fingerprint density at radius 1 is 1.33 bits per heavy atom. The summed E-state index contributed by atoms with van der Waals surface area (Å²) in [5.41, 5.74) is 4.13. The van der Waals surface area contributed by atoms with Crippen LogP contribution in [0, 0.1) is 17.4 Å². The first-order chi connectivity index (χ1) is 8.44. The van der Waals surface area contributed by atoms with E-state index >= 15 is 0 Å². The number of hydrogen-bond acceptors (Lipinski definition) is 3. The van der Waals surface area contributed by atoms with Crippen molar-refractivity contribution in [2.75, 3.05) is 18.0 Å². The van der Waals surface area contributed by atoms with Crippen LogP contribution in [-0.2, 0) is 0 Å². The van der Waals surface area contributed by atoms with Gasteiger partial charge in [0.1, 0.15) is 19.6 Å². The van der Waals surface area contributed by atoms with Crippen molar-refractivity contribution in [2.24, 2.45) is 5.92 Å². The van der Waals surface area contributed by atoms with E-state index in [0.717, 1.165) is 30.5 Å². The van der Waals surface area contributed by atoms with Crippen LogP contribution in [0.2, 0.25) is 19.6 Å². The van der Waals surface area contributed by atoms with E-state index < -0.39 is 8.07 Å². The summed E-state index contributed by atoms with van der Waals surface area (Å²) in [6.07, 6.45) is 4.85. The van der Waals surface area contributed by atoms with Crippen LogP contribution in [0.15, 0.2) is 12.4 Å². The third kappa shape index (κ3) is 3.57. The first-order valence-electron chi connectivity index (χ1n) is 6.54. The molecule has 0 aromatic carbocycles. The second-order valence-electron chi connectivity index (χ2n) is 6.10. The Bertz CT molecular complexity index is 482. The lowest BCUT2D eigenvalue weighted by molar-refractivity contribution is 0.658. The average molecular weight is 259 g/mol. The Kier molecular flexibility index (Phi) is 3.72. The largest absolute Gasteiger partial charge is 0.355 e. The van der Waals surface area contributed by atoms with Crippen molar-refractivity contribution in [2.45, 2.75) is 33.0 Å². The van der Waals surface area contributed by atoms with Crippen molar-refractivity contribution in [3.63, 3.8) is 0 Å². The summed E-state index contributed by atoms with van der Waals surface area (Å²) >= 11 is 0. The quantitative estimate of drug-likeness (QED) is 0.573. The lowest BCUT2D eigenvalue weighted by Gasteiger charge is -2.16. The molecule has 1 saturated heterocycles. The molecule has 18 heavy (non-hydrogen) atoms. The fraction of sp³-hybridized carbons (Fsp3) is 0.571. The van der Waals surface area contributed by atoms with E-state index in [1.165, 1.54) is 6.42 Å². The Labute approximate surface area is 111 Å². The highest BCUT2D eigenvalue weighted by Crippen LogP contribution is 2.20. The Balaban J connectivity index is 2.17. The maximum atomic E-state index is 4.60. The molecule has 2 heterocycles. The van der Waals surface area contributed by atoms with Crippen molar-refractivity contribution >= 4 is 13.9 Å². The molecule has 0 saturated carbocycles. The lowest BCUT2D eigenvalue weighted by Crippen LogP contribution is -2.20. The van der Waals surface area contributed by atoms with Gasteiger partial charge in [0.05, 0.1) is 12.4 Å². The van der Waals surface area contributed by atoms with Crippen molar-refractivity contribution in [1.82, 2.24) is 9.97 Å². The monoisotopic (exact) mass is 259 g/mol. The Hall–Kier alpha value is -1.34. The highest BCUT2D eigenvalue weighted by atomic mass is 28.3. The minimum absolute atomic E-state index is 0.753. The zero-order valence-corrected chi connectivity index (χ0v) is 12.7. The van der Waals surface area contributed by atoms with Gasteiger partial charge in [-0.15, -0.1) is 5.54 Å². The highest BCUT2D eigenvalue weighted by molar-refractivity contribution is 6.83. The summed E-state index contributed by atoms with van der Waals surface area (Å²) in [7, 11) is -1.34. The van der Waals surface area contributed by atoms with E-state index in [4.69, 9.17) is 0 Å². The molecule has 1 aliphatic rings. The van der Waals surface area contributed by atoms with Crippen LogP contribution >= 0.6 is 0 Å². The minimum atomic E-state index is -1.34. The molecular formula is C14H21N3Si. The lowest BCUT2D eigenvalue weighted by atomic mass is 10.2. The van der Waals surface area contributed by atoms with Crippen LogP contribution < -0.4 is 4.90 Å². The Morgan fingerprint density at radius 2 is 2.11 bits per heavy atom. The first-order valence-corrected chi connectivity index (χ1v) is 10.0. The van der Waals surface area contributed by atoms with Gasteiger partial charge in [-0.3, -0.25) is 4.98 Å². The third-order valence-electron chi connectivity index (χ3n) is 2.94. The maximum absolute atomic E-state index is 4.60. The second kappa shape index (κ2) is 5.11. The van der Waals surface area contributed by atoms with Crippen LogP contribution in [0.25, 0.3) is 0 Å². The predicted molar refractivity (Wildman–Crippen MR) is 78.3 cm³/mol. The fourth-order valence-corrected chi connectivity index (χ4v) is 2.47. The smallest absolute Gasteiger partial charge is 0.148 e. The first kappa shape index (κ1) is 13.1. The van der Waals surface area contributed by atoms with E-state index in [1.54, 1.807) is 6.20 Å². The maximum Gasteiger partial charge on any atom is 0.148 e. The highest BCUT2D eigenvalue weighted by Gasteiger charge is 2.20. The van der Waals surface area contributed by atoms with Crippen molar-refractivity contribution in [3.8, 4) is 11.5 Å². The molecule has 4 heteroatoms. The zero-order chi connectivity index (χ0) is 13.2. The molecule has 0 bridgehead atoms. The van der Waals surface area contributed by atoms with E-state index in [0.29, 0.717) is 0 Å². The van der Waals surface area contributed by atoms with Crippen molar-refractivity contribution < 1.29 is 0 Å². The van der Waals surface area contributed by atoms with E-state index in [1.807, 2.05) is 6.20 Å². The molecule has 1 atom stereocenters. The molecule has 0 aliphatic carbocycles. The standard InChI is InChI=1S/C14H21N3Si/c1-12-5-7-17(11-12)14-10-15-9-13(16-14)6-8-18(2,3)4/h9-10,12H,5,7,11H2,1-4H3/t12-/m0/s1. The van der Waals surface area contributed by atoms with Gasteiger partial charge < -0.3 is 4.90 Å². The SMILES string of the molecule is C[C@H]1CCN(c2cncc(C#C[Si](C)(C)C)n2)C1. The van der Waals surface area contributed by atoms with Crippen molar-refractivity contribution in [3.05, 3.63) is 18.1 Å². The predicted octanol–water partition coefficient (Wildman–Crippen LogP) is 2.55. The molecule has 1 fully saturated rings. The molecular weight excluding hydrogens is 238 g/mol. The molecule has 2 rings (SSSR count). The van der Waals surface area contributed by atoms with E-state index in [9.17, 15) is 0 Å². The summed E-state index contributed by atoms with van der Waals surface area (Å²) in [6, 6.07) is 0. The van der Waals surface area contributed by atoms with Crippen LogP contribution in [-0.4, -0.2) is 31.1 Å². The summed E-state index contributed by atoms with van der Waals surface area (Å²) < 4.78 is 0.